The monoisotopic (exact) mass is 333 g/mol. The Hall–Kier alpha value is -2.08. The number of imide groups is 1. The fourth-order valence-corrected chi connectivity index (χ4v) is 3.84. The zero-order valence-electron chi connectivity index (χ0n) is 12.4. The second-order valence-electron chi connectivity index (χ2n) is 6.11. The third-order valence-electron chi connectivity index (χ3n) is 4.85. The van der Waals surface area contributed by atoms with Crippen LogP contribution in [0.15, 0.2) is 24.3 Å². The quantitative estimate of drug-likeness (QED) is 0.776. The van der Waals surface area contributed by atoms with Crippen molar-refractivity contribution < 1.29 is 14.4 Å². The minimum absolute atomic E-state index is 0.199. The van der Waals surface area contributed by atoms with Gasteiger partial charge in [0.2, 0.25) is 5.91 Å². The Morgan fingerprint density at radius 3 is 2.35 bits per heavy atom. The summed E-state index contributed by atoms with van der Waals surface area (Å²) in [4.78, 5) is 42.1. The molecule has 3 aliphatic heterocycles. The summed E-state index contributed by atoms with van der Waals surface area (Å²) >= 11 is 5.87. The molecular formula is C16H16ClN3O3. The Bertz CT molecular complexity index is 668. The summed E-state index contributed by atoms with van der Waals surface area (Å²) in [7, 11) is 0. The fraction of sp³-hybridized carbons (Fsp3) is 0.438. The van der Waals surface area contributed by atoms with Gasteiger partial charge < -0.3 is 9.80 Å². The average molecular weight is 334 g/mol. The lowest BCUT2D eigenvalue weighted by molar-refractivity contribution is -0.133. The van der Waals surface area contributed by atoms with E-state index < -0.39 is 6.04 Å². The summed E-state index contributed by atoms with van der Waals surface area (Å²) in [5, 5.41) is 0.600. The smallest absolute Gasteiger partial charge is 0.312 e. The Kier molecular flexibility index (Phi) is 3.30. The number of nitrogens with zero attached hydrogens (tertiary/aromatic N) is 3. The van der Waals surface area contributed by atoms with Crippen molar-refractivity contribution in [3.8, 4) is 0 Å². The zero-order chi connectivity index (χ0) is 16.1. The van der Waals surface area contributed by atoms with Crippen LogP contribution in [-0.4, -0.2) is 52.8 Å². The van der Waals surface area contributed by atoms with Crippen LogP contribution in [0.3, 0.4) is 0 Å². The standard InChI is InChI=1S/C16H16ClN3O3/c17-10-3-5-11(6-4-10)18-9-7-13(14(18)21)20-15(22)12-2-1-8-19(12)16(20)23/h3-6,12-13H,1-2,7-9H2/t12-,13-/m0/s1. The van der Waals surface area contributed by atoms with Gasteiger partial charge in [-0.25, -0.2) is 9.69 Å². The van der Waals surface area contributed by atoms with E-state index in [-0.39, 0.29) is 23.9 Å². The van der Waals surface area contributed by atoms with Gasteiger partial charge >= 0.3 is 6.03 Å². The summed E-state index contributed by atoms with van der Waals surface area (Å²) in [5.74, 6) is -0.418. The van der Waals surface area contributed by atoms with E-state index in [9.17, 15) is 14.4 Å². The number of rotatable bonds is 2. The number of benzene rings is 1. The van der Waals surface area contributed by atoms with Crippen molar-refractivity contribution in [2.24, 2.45) is 0 Å². The molecule has 0 bridgehead atoms. The van der Waals surface area contributed by atoms with E-state index in [1.165, 1.54) is 4.90 Å². The van der Waals surface area contributed by atoms with Gasteiger partial charge in [0.25, 0.3) is 5.91 Å². The van der Waals surface area contributed by atoms with Gasteiger partial charge in [0.1, 0.15) is 12.1 Å². The van der Waals surface area contributed by atoms with Gasteiger partial charge in [-0.3, -0.25) is 9.59 Å². The molecule has 7 heteroatoms. The highest BCUT2D eigenvalue weighted by Crippen LogP contribution is 2.33. The lowest BCUT2D eigenvalue weighted by Gasteiger charge is -2.22. The van der Waals surface area contributed by atoms with E-state index in [4.69, 9.17) is 11.6 Å². The van der Waals surface area contributed by atoms with E-state index >= 15 is 0 Å². The van der Waals surface area contributed by atoms with Crippen molar-refractivity contribution >= 4 is 35.1 Å². The summed E-state index contributed by atoms with van der Waals surface area (Å²) in [6.07, 6.45) is 2.02. The summed E-state index contributed by atoms with van der Waals surface area (Å²) < 4.78 is 0. The second-order valence-corrected chi connectivity index (χ2v) is 6.55. The average Bonchev–Trinajstić information content (AvgIpc) is 3.20. The van der Waals surface area contributed by atoms with E-state index in [0.717, 1.165) is 12.1 Å². The predicted molar refractivity (Wildman–Crippen MR) is 84.2 cm³/mol. The first-order valence-corrected chi connectivity index (χ1v) is 8.16. The van der Waals surface area contributed by atoms with E-state index in [1.807, 2.05) is 0 Å². The third-order valence-corrected chi connectivity index (χ3v) is 5.11. The number of fused-ring (bicyclic) bond motifs is 1. The molecule has 0 N–H and O–H groups in total. The highest BCUT2D eigenvalue weighted by atomic mass is 35.5. The Morgan fingerprint density at radius 2 is 1.65 bits per heavy atom. The molecule has 1 aromatic carbocycles. The topological polar surface area (TPSA) is 60.9 Å². The van der Waals surface area contributed by atoms with Crippen LogP contribution >= 0.6 is 11.6 Å². The minimum Gasteiger partial charge on any atom is -0.312 e. The fourth-order valence-electron chi connectivity index (χ4n) is 3.71. The van der Waals surface area contributed by atoms with Gasteiger partial charge in [-0.15, -0.1) is 0 Å². The molecule has 3 heterocycles. The molecule has 3 saturated heterocycles. The molecule has 3 fully saturated rings. The van der Waals surface area contributed by atoms with Crippen LogP contribution in [0.25, 0.3) is 0 Å². The number of amides is 4. The van der Waals surface area contributed by atoms with Gasteiger partial charge in [0.15, 0.2) is 0 Å². The minimum atomic E-state index is -0.684. The van der Waals surface area contributed by atoms with Crippen molar-refractivity contribution in [1.82, 2.24) is 9.80 Å². The van der Waals surface area contributed by atoms with Crippen LogP contribution in [0, 0.1) is 0 Å². The molecule has 1 aromatic rings. The molecule has 4 amide bonds. The van der Waals surface area contributed by atoms with Crippen LogP contribution in [-0.2, 0) is 9.59 Å². The van der Waals surface area contributed by atoms with Crippen LogP contribution in [0.4, 0.5) is 10.5 Å². The molecule has 0 unspecified atom stereocenters. The molecular weight excluding hydrogens is 318 g/mol. The maximum absolute atomic E-state index is 12.7. The van der Waals surface area contributed by atoms with Crippen LogP contribution in [0.2, 0.25) is 5.02 Å². The van der Waals surface area contributed by atoms with E-state index in [1.54, 1.807) is 34.1 Å². The maximum atomic E-state index is 12.7. The lowest BCUT2D eigenvalue weighted by Crippen LogP contribution is -2.46. The van der Waals surface area contributed by atoms with Gasteiger partial charge in [-0.05, 0) is 43.5 Å². The van der Waals surface area contributed by atoms with Crippen LogP contribution in [0.1, 0.15) is 19.3 Å². The number of anilines is 1. The van der Waals surface area contributed by atoms with Crippen LogP contribution < -0.4 is 4.90 Å². The summed E-state index contributed by atoms with van der Waals surface area (Å²) in [5.41, 5.74) is 0.737. The predicted octanol–water partition coefficient (Wildman–Crippen LogP) is 1.87. The molecule has 4 rings (SSSR count). The number of carbonyl (C=O) groups is 3. The molecule has 2 atom stereocenters. The van der Waals surface area contributed by atoms with E-state index in [2.05, 4.69) is 0 Å². The molecule has 0 aliphatic carbocycles. The normalized spacial score (nSPS) is 27.3. The molecule has 0 spiro atoms. The zero-order valence-corrected chi connectivity index (χ0v) is 13.2. The first-order valence-electron chi connectivity index (χ1n) is 7.78. The SMILES string of the molecule is O=C1[C@@H](N2C(=O)[C@@H]3CCCN3C2=O)CCN1c1ccc(Cl)cc1. The molecule has 3 aliphatic rings. The number of hydrogen-bond acceptors (Lipinski definition) is 3. The van der Waals surface area contributed by atoms with Crippen molar-refractivity contribution in [3.05, 3.63) is 29.3 Å². The largest absolute Gasteiger partial charge is 0.328 e. The van der Waals surface area contributed by atoms with Crippen LogP contribution in [0.5, 0.6) is 0 Å². The maximum Gasteiger partial charge on any atom is 0.328 e. The third kappa shape index (κ3) is 2.12. The molecule has 6 nitrogen and oxygen atoms in total. The number of carbonyl (C=O) groups excluding carboxylic acids is 3. The number of halogens is 1. The molecule has 0 radical (unpaired) electrons. The second kappa shape index (κ2) is 5.23. The molecule has 23 heavy (non-hydrogen) atoms. The molecule has 0 saturated carbocycles. The van der Waals surface area contributed by atoms with E-state index in [0.29, 0.717) is 31.0 Å². The number of urea groups is 1. The van der Waals surface area contributed by atoms with Gasteiger partial charge in [-0.1, -0.05) is 11.6 Å². The first-order chi connectivity index (χ1) is 11.1. The Morgan fingerprint density at radius 1 is 0.913 bits per heavy atom. The van der Waals surface area contributed by atoms with Gasteiger partial charge in [-0.2, -0.15) is 0 Å². The van der Waals surface area contributed by atoms with Crippen molar-refractivity contribution in [3.63, 3.8) is 0 Å². The van der Waals surface area contributed by atoms with Gasteiger partial charge in [0.05, 0.1) is 0 Å². The Balaban J connectivity index is 1.57. The van der Waals surface area contributed by atoms with Gasteiger partial charge in [0, 0.05) is 23.8 Å². The summed E-state index contributed by atoms with van der Waals surface area (Å²) in [6, 6.07) is 5.63. The lowest BCUT2D eigenvalue weighted by atomic mass is 10.1. The van der Waals surface area contributed by atoms with Crippen molar-refractivity contribution in [2.45, 2.75) is 31.3 Å². The molecule has 0 aromatic heterocycles. The molecule has 120 valence electrons. The van der Waals surface area contributed by atoms with Crippen molar-refractivity contribution in [2.75, 3.05) is 18.0 Å². The highest BCUT2D eigenvalue weighted by Gasteiger charge is 2.53. The van der Waals surface area contributed by atoms with Crippen molar-refractivity contribution in [1.29, 1.82) is 0 Å². The highest BCUT2D eigenvalue weighted by molar-refractivity contribution is 6.30. The number of hydrogen-bond donors (Lipinski definition) is 0. The Labute approximate surface area is 138 Å². The first kappa shape index (κ1) is 14.5. The summed E-state index contributed by atoms with van der Waals surface area (Å²) in [6.45, 7) is 1.10.